The zero-order valence-electron chi connectivity index (χ0n) is 6.40. The van der Waals surface area contributed by atoms with Crippen molar-refractivity contribution < 1.29 is 9.47 Å². The number of nitrogens with zero attached hydrogens (tertiary/aromatic N) is 2. The summed E-state index contributed by atoms with van der Waals surface area (Å²) >= 11 is 2.16. The van der Waals surface area contributed by atoms with Gasteiger partial charge in [-0.1, -0.05) is 0 Å². The molecule has 1 aliphatic rings. The van der Waals surface area contributed by atoms with Crippen LogP contribution in [-0.2, 0) is 0 Å². The van der Waals surface area contributed by atoms with E-state index in [9.17, 15) is 0 Å². The van der Waals surface area contributed by atoms with Crippen molar-refractivity contribution >= 4 is 22.6 Å². The second-order valence-corrected chi connectivity index (χ2v) is 3.69. The third kappa shape index (κ3) is 1.33. The normalized spacial score (nSPS) is 26.8. The lowest BCUT2D eigenvalue weighted by Crippen LogP contribution is -2.33. The Balaban J connectivity index is 2.34. The molecule has 5 heteroatoms. The first kappa shape index (κ1) is 8.03. The summed E-state index contributed by atoms with van der Waals surface area (Å²) < 4.78 is 10.9. The maximum atomic E-state index is 5.44. The van der Waals surface area contributed by atoms with Crippen LogP contribution in [0.25, 0.3) is 0 Å². The molecule has 1 aromatic heterocycles. The monoisotopic (exact) mass is 278 g/mol. The fraction of sp³-hybridized carbons (Fsp3) is 0.429. The molecule has 0 saturated heterocycles. The third-order valence-corrected chi connectivity index (χ3v) is 2.79. The summed E-state index contributed by atoms with van der Waals surface area (Å²) in [4.78, 5) is 7.98. The summed E-state index contributed by atoms with van der Waals surface area (Å²) in [6.07, 6.45) is 3.19. The van der Waals surface area contributed by atoms with E-state index >= 15 is 0 Å². The molecule has 2 unspecified atom stereocenters. The van der Waals surface area contributed by atoms with E-state index in [4.69, 9.17) is 9.47 Å². The number of hydrogen-bond acceptors (Lipinski definition) is 4. The fourth-order valence-corrected chi connectivity index (χ4v) is 1.29. The van der Waals surface area contributed by atoms with Crippen molar-refractivity contribution in [3.05, 3.63) is 12.4 Å². The molecule has 64 valence electrons. The summed E-state index contributed by atoms with van der Waals surface area (Å²) in [5.74, 6) is 0.966. The van der Waals surface area contributed by atoms with Gasteiger partial charge in [0.25, 0.3) is 11.8 Å². The number of halogens is 1. The van der Waals surface area contributed by atoms with E-state index in [0.717, 1.165) is 0 Å². The number of ether oxygens (including phenoxy) is 2. The van der Waals surface area contributed by atoms with Gasteiger partial charge in [-0.05, 0) is 29.5 Å². The Hall–Kier alpha value is -0.590. The smallest absolute Gasteiger partial charge is 0.279 e. The lowest BCUT2D eigenvalue weighted by molar-refractivity contribution is 0.0811. The van der Waals surface area contributed by atoms with Crippen molar-refractivity contribution in [3.63, 3.8) is 0 Å². The van der Waals surface area contributed by atoms with Crippen LogP contribution in [0.5, 0.6) is 11.8 Å². The van der Waals surface area contributed by atoms with Gasteiger partial charge in [0.05, 0.1) is 0 Å². The molecule has 0 amide bonds. The predicted octanol–water partition coefficient (Wildman–Crippen LogP) is 1.40. The second kappa shape index (κ2) is 3.04. The molecular weight excluding hydrogens is 271 g/mol. The van der Waals surface area contributed by atoms with E-state index in [1.165, 1.54) is 0 Å². The van der Waals surface area contributed by atoms with E-state index in [1.807, 2.05) is 6.92 Å². The van der Waals surface area contributed by atoms with Crippen molar-refractivity contribution in [3.8, 4) is 11.8 Å². The van der Waals surface area contributed by atoms with Gasteiger partial charge < -0.3 is 9.47 Å². The van der Waals surface area contributed by atoms with Gasteiger partial charge in [-0.2, -0.15) is 0 Å². The molecular formula is C7H7IN2O2. The van der Waals surface area contributed by atoms with E-state index in [2.05, 4.69) is 32.6 Å². The number of alkyl halides is 1. The highest BCUT2D eigenvalue weighted by Gasteiger charge is 2.27. The molecule has 2 rings (SSSR count). The first-order chi connectivity index (χ1) is 5.77. The molecule has 0 fully saturated rings. The maximum Gasteiger partial charge on any atom is 0.279 e. The van der Waals surface area contributed by atoms with Crippen molar-refractivity contribution in [1.82, 2.24) is 9.97 Å². The highest BCUT2D eigenvalue weighted by Crippen LogP contribution is 2.30. The van der Waals surface area contributed by atoms with Gasteiger partial charge in [-0.25, -0.2) is 9.97 Å². The van der Waals surface area contributed by atoms with Crippen molar-refractivity contribution in [2.45, 2.75) is 17.1 Å². The molecule has 0 aromatic carbocycles. The molecule has 1 aliphatic heterocycles. The first-order valence-corrected chi connectivity index (χ1v) is 4.80. The summed E-state index contributed by atoms with van der Waals surface area (Å²) in [5, 5.41) is 0. The van der Waals surface area contributed by atoms with Crippen LogP contribution in [-0.4, -0.2) is 20.2 Å². The van der Waals surface area contributed by atoms with E-state index < -0.39 is 0 Å². The van der Waals surface area contributed by atoms with Crippen LogP contribution >= 0.6 is 22.6 Å². The molecule has 1 aromatic rings. The number of fused-ring (bicyclic) bond motifs is 1. The minimum absolute atomic E-state index is 0.00630. The van der Waals surface area contributed by atoms with Crippen LogP contribution in [0.2, 0.25) is 0 Å². The van der Waals surface area contributed by atoms with Crippen molar-refractivity contribution in [2.75, 3.05) is 0 Å². The van der Waals surface area contributed by atoms with E-state index in [-0.39, 0.29) is 10.2 Å². The van der Waals surface area contributed by atoms with Crippen LogP contribution in [0.15, 0.2) is 12.4 Å². The van der Waals surface area contributed by atoms with Gasteiger partial charge in [0.15, 0.2) is 4.11 Å². The predicted molar refractivity (Wildman–Crippen MR) is 50.6 cm³/mol. The van der Waals surface area contributed by atoms with Gasteiger partial charge >= 0.3 is 0 Å². The molecule has 0 bridgehead atoms. The van der Waals surface area contributed by atoms with Crippen molar-refractivity contribution in [1.29, 1.82) is 0 Å². The number of aromatic nitrogens is 2. The number of rotatable bonds is 0. The topological polar surface area (TPSA) is 44.2 Å². The average molecular weight is 278 g/mol. The van der Waals surface area contributed by atoms with Crippen LogP contribution in [0.3, 0.4) is 0 Å². The minimum atomic E-state index is 0.00630. The summed E-state index contributed by atoms with van der Waals surface area (Å²) in [5.41, 5.74) is 0. The zero-order valence-corrected chi connectivity index (χ0v) is 8.56. The lowest BCUT2D eigenvalue weighted by atomic mass is 10.4. The number of hydrogen-bond donors (Lipinski definition) is 0. The largest absolute Gasteiger partial charge is 0.466 e. The zero-order chi connectivity index (χ0) is 8.55. The highest BCUT2D eigenvalue weighted by atomic mass is 127. The molecule has 0 saturated carbocycles. The molecule has 0 spiro atoms. The minimum Gasteiger partial charge on any atom is -0.466 e. The Bertz CT molecular complexity index is 265. The third-order valence-electron chi connectivity index (χ3n) is 1.52. The standard InChI is InChI=1S/C7H7IN2O2/c1-4-5(8)12-7-6(11-4)9-2-3-10-7/h2-5H,1H3. The molecule has 12 heavy (non-hydrogen) atoms. The fourth-order valence-electron chi connectivity index (χ4n) is 0.906. The Morgan fingerprint density at radius 3 is 2.50 bits per heavy atom. The average Bonchev–Trinajstić information content (AvgIpc) is 2.07. The van der Waals surface area contributed by atoms with Crippen LogP contribution in [0, 0.1) is 0 Å². The Morgan fingerprint density at radius 1 is 1.25 bits per heavy atom. The Labute approximate surface area is 83.4 Å². The second-order valence-electron chi connectivity index (χ2n) is 2.46. The van der Waals surface area contributed by atoms with Gasteiger partial charge in [0.1, 0.15) is 6.10 Å². The molecule has 2 atom stereocenters. The first-order valence-electron chi connectivity index (χ1n) is 3.56. The molecule has 2 heterocycles. The molecule has 0 aliphatic carbocycles. The summed E-state index contributed by atoms with van der Waals surface area (Å²) in [7, 11) is 0. The Kier molecular flexibility index (Phi) is 2.03. The highest BCUT2D eigenvalue weighted by molar-refractivity contribution is 14.1. The van der Waals surface area contributed by atoms with Gasteiger partial charge in [-0.3, -0.25) is 0 Å². The lowest BCUT2D eigenvalue weighted by Gasteiger charge is -2.26. The molecule has 4 nitrogen and oxygen atoms in total. The quantitative estimate of drug-likeness (QED) is 0.531. The van der Waals surface area contributed by atoms with Gasteiger partial charge in [-0.15, -0.1) is 0 Å². The van der Waals surface area contributed by atoms with Crippen LogP contribution < -0.4 is 9.47 Å². The van der Waals surface area contributed by atoms with E-state index in [1.54, 1.807) is 12.4 Å². The van der Waals surface area contributed by atoms with Gasteiger partial charge in [0.2, 0.25) is 0 Å². The molecule has 0 N–H and O–H groups in total. The Morgan fingerprint density at radius 2 is 1.83 bits per heavy atom. The summed E-state index contributed by atoms with van der Waals surface area (Å²) in [6.45, 7) is 1.94. The van der Waals surface area contributed by atoms with Crippen molar-refractivity contribution in [2.24, 2.45) is 0 Å². The maximum absolute atomic E-state index is 5.44. The molecule has 0 radical (unpaired) electrons. The van der Waals surface area contributed by atoms with Crippen LogP contribution in [0.4, 0.5) is 0 Å². The van der Waals surface area contributed by atoms with Gasteiger partial charge in [0, 0.05) is 12.4 Å². The van der Waals surface area contributed by atoms with E-state index in [0.29, 0.717) is 11.8 Å². The summed E-state index contributed by atoms with van der Waals surface area (Å²) in [6, 6.07) is 0. The SMILES string of the molecule is CC1Oc2nccnc2OC1I. The van der Waals surface area contributed by atoms with Crippen LogP contribution in [0.1, 0.15) is 6.92 Å².